The summed E-state index contributed by atoms with van der Waals surface area (Å²) in [6.45, 7) is 1.53. The van der Waals surface area contributed by atoms with Crippen molar-refractivity contribution in [3.63, 3.8) is 0 Å². The quantitative estimate of drug-likeness (QED) is 0.849. The zero-order valence-corrected chi connectivity index (χ0v) is 12.8. The molecular weight excluding hydrogens is 278 g/mol. The van der Waals surface area contributed by atoms with Crippen LogP contribution in [0.15, 0.2) is 12.1 Å². The first-order valence-electron chi connectivity index (χ1n) is 6.39. The Bertz CT molecular complexity index is 486. The Hall–Kier alpha value is -1.56. The molecule has 0 aliphatic carbocycles. The third-order valence-corrected chi connectivity index (χ3v) is 4.18. The first-order valence-corrected chi connectivity index (χ1v) is 7.54. The zero-order valence-electron chi connectivity index (χ0n) is 12.0. The molecule has 1 aromatic carbocycles. The number of hydrogen-bond donors (Lipinski definition) is 0. The number of amides is 1. The van der Waals surface area contributed by atoms with E-state index in [0.29, 0.717) is 22.8 Å². The van der Waals surface area contributed by atoms with E-state index in [-0.39, 0.29) is 5.91 Å². The molecule has 0 aromatic heterocycles. The Morgan fingerprint density at radius 2 is 1.70 bits per heavy atom. The van der Waals surface area contributed by atoms with Crippen LogP contribution in [0.5, 0.6) is 17.2 Å². The fourth-order valence-electron chi connectivity index (χ4n) is 2.21. The Morgan fingerprint density at radius 3 is 2.25 bits per heavy atom. The van der Waals surface area contributed by atoms with Crippen molar-refractivity contribution in [2.45, 2.75) is 0 Å². The van der Waals surface area contributed by atoms with Crippen LogP contribution in [-0.2, 0) is 0 Å². The lowest BCUT2D eigenvalue weighted by molar-refractivity contribution is 0.0768. The molecule has 20 heavy (non-hydrogen) atoms. The smallest absolute Gasteiger partial charge is 0.257 e. The van der Waals surface area contributed by atoms with Crippen molar-refractivity contribution in [2.75, 3.05) is 45.9 Å². The van der Waals surface area contributed by atoms with Crippen molar-refractivity contribution < 1.29 is 19.0 Å². The minimum Gasteiger partial charge on any atom is -0.493 e. The molecule has 1 aromatic rings. The number of nitrogens with zero attached hydrogens (tertiary/aromatic N) is 1. The van der Waals surface area contributed by atoms with Gasteiger partial charge < -0.3 is 19.1 Å². The van der Waals surface area contributed by atoms with Crippen molar-refractivity contribution in [2.24, 2.45) is 0 Å². The van der Waals surface area contributed by atoms with Crippen LogP contribution in [0.1, 0.15) is 10.4 Å². The monoisotopic (exact) mass is 297 g/mol. The average molecular weight is 297 g/mol. The van der Waals surface area contributed by atoms with Gasteiger partial charge in [-0.3, -0.25) is 4.79 Å². The molecule has 1 aliphatic heterocycles. The summed E-state index contributed by atoms with van der Waals surface area (Å²) in [5.41, 5.74) is 0.511. The lowest BCUT2D eigenvalue weighted by Gasteiger charge is -2.27. The molecule has 1 aliphatic rings. The molecule has 1 saturated heterocycles. The first-order chi connectivity index (χ1) is 9.72. The van der Waals surface area contributed by atoms with Crippen molar-refractivity contribution in [3.05, 3.63) is 17.7 Å². The topological polar surface area (TPSA) is 48.0 Å². The maximum atomic E-state index is 12.6. The van der Waals surface area contributed by atoms with Gasteiger partial charge in [0, 0.05) is 24.6 Å². The zero-order chi connectivity index (χ0) is 14.5. The molecule has 0 spiro atoms. The predicted molar refractivity (Wildman–Crippen MR) is 79.3 cm³/mol. The summed E-state index contributed by atoms with van der Waals surface area (Å²) in [5, 5.41) is 0. The van der Waals surface area contributed by atoms with E-state index in [2.05, 4.69) is 0 Å². The van der Waals surface area contributed by atoms with Gasteiger partial charge in [-0.05, 0) is 12.1 Å². The summed E-state index contributed by atoms with van der Waals surface area (Å²) < 4.78 is 15.9. The van der Waals surface area contributed by atoms with Gasteiger partial charge in [-0.25, -0.2) is 0 Å². The average Bonchev–Trinajstić information content (AvgIpc) is 2.53. The molecule has 0 bridgehead atoms. The third kappa shape index (κ3) is 2.80. The number of thioether (sulfide) groups is 1. The minimum atomic E-state index is -0.0249. The van der Waals surface area contributed by atoms with E-state index >= 15 is 0 Å². The van der Waals surface area contributed by atoms with Crippen LogP contribution in [0, 0.1) is 0 Å². The van der Waals surface area contributed by atoms with Crippen molar-refractivity contribution >= 4 is 17.7 Å². The van der Waals surface area contributed by atoms with Crippen LogP contribution in [0.3, 0.4) is 0 Å². The van der Waals surface area contributed by atoms with E-state index in [4.69, 9.17) is 14.2 Å². The van der Waals surface area contributed by atoms with Crippen LogP contribution in [-0.4, -0.2) is 56.7 Å². The van der Waals surface area contributed by atoms with Crippen molar-refractivity contribution in [1.82, 2.24) is 4.90 Å². The van der Waals surface area contributed by atoms with Crippen LogP contribution in [0.25, 0.3) is 0 Å². The minimum absolute atomic E-state index is 0.0249. The first kappa shape index (κ1) is 14.8. The largest absolute Gasteiger partial charge is 0.493 e. The number of carbonyl (C=O) groups excluding carboxylic acids is 1. The summed E-state index contributed by atoms with van der Waals surface area (Å²) in [6.07, 6.45) is 0. The Kier molecular flexibility index (Phi) is 5.00. The lowest BCUT2D eigenvalue weighted by atomic mass is 10.1. The number of ether oxygens (including phenoxy) is 3. The van der Waals surface area contributed by atoms with Crippen LogP contribution < -0.4 is 14.2 Å². The SMILES string of the molecule is COc1ccc(C(=O)N2CCSCC2)c(OC)c1OC. The van der Waals surface area contributed by atoms with E-state index in [1.54, 1.807) is 19.2 Å². The molecule has 110 valence electrons. The summed E-state index contributed by atoms with van der Waals surface area (Å²) in [4.78, 5) is 14.4. The summed E-state index contributed by atoms with van der Waals surface area (Å²) in [5.74, 6) is 3.35. The molecule has 0 saturated carbocycles. The van der Waals surface area contributed by atoms with Gasteiger partial charge in [-0.15, -0.1) is 0 Å². The fourth-order valence-corrected chi connectivity index (χ4v) is 3.11. The molecule has 1 heterocycles. The fraction of sp³-hybridized carbons (Fsp3) is 0.500. The van der Waals surface area contributed by atoms with Gasteiger partial charge in [0.1, 0.15) is 0 Å². The highest BCUT2D eigenvalue weighted by Crippen LogP contribution is 2.40. The summed E-state index contributed by atoms with van der Waals surface area (Å²) in [6, 6.07) is 3.46. The third-order valence-electron chi connectivity index (χ3n) is 3.23. The molecule has 5 nitrogen and oxygen atoms in total. The standard InChI is InChI=1S/C14H19NO4S/c1-17-11-5-4-10(12(18-2)13(11)19-3)14(16)15-6-8-20-9-7-15/h4-5H,6-9H2,1-3H3. The van der Waals surface area contributed by atoms with Crippen LogP contribution in [0.4, 0.5) is 0 Å². The maximum absolute atomic E-state index is 12.6. The maximum Gasteiger partial charge on any atom is 0.257 e. The molecule has 2 rings (SSSR count). The van der Waals surface area contributed by atoms with Crippen molar-refractivity contribution in [1.29, 1.82) is 0 Å². The molecule has 6 heteroatoms. The second-order valence-corrected chi connectivity index (χ2v) is 5.51. The van der Waals surface area contributed by atoms with E-state index in [0.717, 1.165) is 24.6 Å². The Labute approximate surface area is 123 Å². The van der Waals surface area contributed by atoms with E-state index in [1.807, 2.05) is 16.7 Å². The number of rotatable bonds is 4. The normalized spacial score (nSPS) is 14.8. The van der Waals surface area contributed by atoms with Gasteiger partial charge in [-0.2, -0.15) is 11.8 Å². The van der Waals surface area contributed by atoms with Crippen molar-refractivity contribution in [3.8, 4) is 17.2 Å². The summed E-state index contributed by atoms with van der Waals surface area (Å²) >= 11 is 1.87. The second-order valence-electron chi connectivity index (χ2n) is 4.29. The van der Waals surface area contributed by atoms with Gasteiger partial charge >= 0.3 is 0 Å². The Balaban J connectivity index is 2.37. The second kappa shape index (κ2) is 6.74. The number of carbonyl (C=O) groups is 1. The lowest BCUT2D eigenvalue weighted by Crippen LogP contribution is -2.38. The highest BCUT2D eigenvalue weighted by Gasteiger charge is 2.25. The van der Waals surface area contributed by atoms with Crippen LogP contribution in [0.2, 0.25) is 0 Å². The van der Waals surface area contributed by atoms with E-state index in [1.165, 1.54) is 14.2 Å². The molecule has 1 fully saturated rings. The van der Waals surface area contributed by atoms with Gasteiger partial charge in [-0.1, -0.05) is 0 Å². The molecule has 0 N–H and O–H groups in total. The number of hydrogen-bond acceptors (Lipinski definition) is 5. The predicted octanol–water partition coefficient (Wildman–Crippen LogP) is 1.90. The molecule has 0 radical (unpaired) electrons. The summed E-state index contributed by atoms with van der Waals surface area (Å²) in [7, 11) is 4.62. The number of methoxy groups -OCH3 is 3. The molecule has 0 unspecified atom stereocenters. The van der Waals surface area contributed by atoms with Gasteiger partial charge in [0.15, 0.2) is 11.5 Å². The van der Waals surface area contributed by atoms with Gasteiger partial charge in [0.25, 0.3) is 5.91 Å². The highest BCUT2D eigenvalue weighted by atomic mass is 32.2. The number of benzene rings is 1. The van der Waals surface area contributed by atoms with E-state index in [9.17, 15) is 4.79 Å². The molecule has 1 amide bonds. The van der Waals surface area contributed by atoms with E-state index < -0.39 is 0 Å². The highest BCUT2D eigenvalue weighted by molar-refractivity contribution is 7.99. The Morgan fingerprint density at radius 1 is 1.05 bits per heavy atom. The molecular formula is C14H19NO4S. The van der Waals surface area contributed by atoms with Gasteiger partial charge in [0.2, 0.25) is 5.75 Å². The van der Waals surface area contributed by atoms with Crippen LogP contribution >= 0.6 is 11.8 Å². The van der Waals surface area contributed by atoms with Gasteiger partial charge in [0.05, 0.1) is 26.9 Å². The molecule has 0 atom stereocenters.